The molecule has 0 radical (unpaired) electrons. The van der Waals surface area contributed by atoms with Crippen molar-refractivity contribution in [3.05, 3.63) is 75.8 Å². The fraction of sp³-hybridized carbons (Fsp3) is 0.0588. The van der Waals surface area contributed by atoms with E-state index in [2.05, 4.69) is 15.8 Å². The highest BCUT2D eigenvalue weighted by atomic mass is 35.5. The van der Waals surface area contributed by atoms with Gasteiger partial charge in [0.05, 0.1) is 27.7 Å². The Kier molecular flexibility index (Phi) is 3.57. The zero-order chi connectivity index (χ0) is 16.7. The van der Waals surface area contributed by atoms with Crippen molar-refractivity contribution in [2.24, 2.45) is 5.73 Å². The fourth-order valence-electron chi connectivity index (χ4n) is 2.82. The second-order valence-electron chi connectivity index (χ2n) is 5.42. The highest BCUT2D eigenvalue weighted by Crippen LogP contribution is 2.33. The molecular formula is C17H14ClN5O. The van der Waals surface area contributed by atoms with E-state index in [0.717, 1.165) is 11.3 Å². The average Bonchev–Trinajstić information content (AvgIpc) is 2.99. The SMILES string of the molecule is NC1NNc2c(-c3ccccn3)cn(-c3ccccc3Cl)c(=O)c21. The first kappa shape index (κ1) is 14.9. The van der Waals surface area contributed by atoms with Crippen molar-refractivity contribution in [2.45, 2.75) is 6.17 Å². The summed E-state index contributed by atoms with van der Waals surface area (Å²) in [6.07, 6.45) is 2.83. The number of benzene rings is 1. The highest BCUT2D eigenvalue weighted by Gasteiger charge is 2.28. The van der Waals surface area contributed by atoms with Crippen LogP contribution in [0.1, 0.15) is 11.7 Å². The topological polar surface area (TPSA) is 85.0 Å². The number of nitrogens with zero attached hydrogens (tertiary/aromatic N) is 2. The van der Waals surface area contributed by atoms with Gasteiger partial charge in [0.2, 0.25) is 0 Å². The lowest BCUT2D eigenvalue weighted by atomic mass is 10.1. The van der Waals surface area contributed by atoms with Crippen LogP contribution >= 0.6 is 11.6 Å². The number of fused-ring (bicyclic) bond motifs is 1. The zero-order valence-electron chi connectivity index (χ0n) is 12.5. The van der Waals surface area contributed by atoms with Crippen LogP contribution in [0.2, 0.25) is 5.02 Å². The third-order valence-corrected chi connectivity index (χ3v) is 4.28. The maximum absolute atomic E-state index is 12.9. The van der Waals surface area contributed by atoms with Crippen LogP contribution in [0.5, 0.6) is 0 Å². The van der Waals surface area contributed by atoms with Gasteiger partial charge < -0.3 is 11.2 Å². The van der Waals surface area contributed by atoms with Crippen molar-refractivity contribution in [2.75, 3.05) is 5.43 Å². The van der Waals surface area contributed by atoms with Gasteiger partial charge in [-0.3, -0.25) is 14.3 Å². The lowest BCUT2D eigenvalue weighted by Gasteiger charge is -2.14. The summed E-state index contributed by atoms with van der Waals surface area (Å²) in [5, 5.41) is 0.485. The molecule has 1 aromatic carbocycles. The number of hydrogen-bond acceptors (Lipinski definition) is 5. The molecule has 1 aliphatic rings. The van der Waals surface area contributed by atoms with Gasteiger partial charge in [-0.1, -0.05) is 29.8 Å². The molecule has 2 aromatic heterocycles. The van der Waals surface area contributed by atoms with Gasteiger partial charge in [-0.15, -0.1) is 0 Å². The van der Waals surface area contributed by atoms with Crippen LogP contribution in [0, 0.1) is 0 Å². The Labute approximate surface area is 142 Å². The number of nitrogens with one attached hydrogen (secondary N) is 2. The number of anilines is 1. The third-order valence-electron chi connectivity index (χ3n) is 3.96. The van der Waals surface area contributed by atoms with Crippen LogP contribution < -0.4 is 22.1 Å². The molecule has 0 fully saturated rings. The van der Waals surface area contributed by atoms with E-state index in [1.165, 1.54) is 4.57 Å². The van der Waals surface area contributed by atoms with Gasteiger partial charge in [-0.05, 0) is 24.3 Å². The first-order valence-electron chi connectivity index (χ1n) is 7.40. The molecule has 0 amide bonds. The molecule has 0 saturated carbocycles. The van der Waals surface area contributed by atoms with E-state index in [1.54, 1.807) is 24.5 Å². The Morgan fingerprint density at radius 3 is 2.71 bits per heavy atom. The summed E-state index contributed by atoms with van der Waals surface area (Å²) in [7, 11) is 0. The number of pyridine rings is 2. The number of hydrogen-bond donors (Lipinski definition) is 3. The van der Waals surface area contributed by atoms with Crippen molar-refractivity contribution in [3.8, 4) is 16.9 Å². The van der Waals surface area contributed by atoms with Crippen molar-refractivity contribution >= 4 is 17.3 Å². The molecule has 0 spiro atoms. The second kappa shape index (κ2) is 5.76. The molecular weight excluding hydrogens is 326 g/mol. The molecule has 4 rings (SSSR count). The summed E-state index contributed by atoms with van der Waals surface area (Å²) in [6, 6.07) is 12.8. The van der Waals surface area contributed by atoms with E-state index in [4.69, 9.17) is 17.3 Å². The molecule has 6 nitrogen and oxygen atoms in total. The predicted octanol–water partition coefficient (Wildman–Crippen LogP) is 2.44. The first-order chi connectivity index (χ1) is 11.7. The van der Waals surface area contributed by atoms with Crippen molar-refractivity contribution in [3.63, 3.8) is 0 Å². The minimum absolute atomic E-state index is 0.220. The molecule has 0 saturated heterocycles. The largest absolute Gasteiger partial charge is 0.318 e. The second-order valence-corrected chi connectivity index (χ2v) is 5.83. The number of halogens is 1. The van der Waals surface area contributed by atoms with Crippen molar-refractivity contribution in [1.82, 2.24) is 15.0 Å². The van der Waals surface area contributed by atoms with Crippen molar-refractivity contribution in [1.29, 1.82) is 0 Å². The van der Waals surface area contributed by atoms with Gasteiger partial charge in [0.1, 0.15) is 6.17 Å². The van der Waals surface area contributed by atoms with Crippen LogP contribution in [0.15, 0.2) is 59.7 Å². The van der Waals surface area contributed by atoms with Gasteiger partial charge in [0.15, 0.2) is 0 Å². The van der Waals surface area contributed by atoms with Gasteiger partial charge in [0, 0.05) is 18.0 Å². The van der Waals surface area contributed by atoms with E-state index < -0.39 is 6.17 Å². The predicted molar refractivity (Wildman–Crippen MR) is 94.0 cm³/mol. The quantitative estimate of drug-likeness (QED) is 0.667. The number of hydrazine groups is 1. The maximum atomic E-state index is 12.9. The van der Waals surface area contributed by atoms with Gasteiger partial charge in [-0.2, -0.15) is 0 Å². The number of rotatable bonds is 2. The molecule has 0 aliphatic carbocycles. The minimum atomic E-state index is -0.607. The molecule has 120 valence electrons. The zero-order valence-corrected chi connectivity index (χ0v) is 13.3. The molecule has 1 aliphatic heterocycles. The lowest BCUT2D eigenvalue weighted by Crippen LogP contribution is -2.30. The van der Waals surface area contributed by atoms with Gasteiger partial charge in [-0.25, -0.2) is 5.43 Å². The number of para-hydroxylation sites is 1. The molecule has 0 bridgehead atoms. The van der Waals surface area contributed by atoms with E-state index in [0.29, 0.717) is 22.0 Å². The van der Waals surface area contributed by atoms with Crippen LogP contribution in [-0.4, -0.2) is 9.55 Å². The summed E-state index contributed by atoms with van der Waals surface area (Å²) in [5.74, 6) is 0. The molecule has 3 heterocycles. The van der Waals surface area contributed by atoms with E-state index >= 15 is 0 Å². The minimum Gasteiger partial charge on any atom is -0.318 e. The monoisotopic (exact) mass is 339 g/mol. The summed E-state index contributed by atoms with van der Waals surface area (Å²) >= 11 is 6.28. The van der Waals surface area contributed by atoms with Crippen LogP contribution in [0.3, 0.4) is 0 Å². The fourth-order valence-corrected chi connectivity index (χ4v) is 3.05. The van der Waals surface area contributed by atoms with Gasteiger partial charge >= 0.3 is 0 Å². The van der Waals surface area contributed by atoms with Crippen LogP contribution in [0.25, 0.3) is 16.9 Å². The summed E-state index contributed by atoms with van der Waals surface area (Å²) in [6.45, 7) is 0. The normalized spacial score (nSPS) is 15.8. The average molecular weight is 340 g/mol. The first-order valence-corrected chi connectivity index (χ1v) is 7.77. The standard InChI is InChI=1S/C17H14ClN5O/c18-11-5-1-2-7-13(11)23-9-10(12-6-3-4-8-20-12)15-14(17(23)24)16(19)22-21-15/h1-9,16,21-22H,19H2. The summed E-state index contributed by atoms with van der Waals surface area (Å²) < 4.78 is 1.51. The summed E-state index contributed by atoms with van der Waals surface area (Å²) in [5.41, 5.74) is 14.9. The van der Waals surface area contributed by atoms with E-state index in [9.17, 15) is 4.79 Å². The smallest absolute Gasteiger partial charge is 0.263 e. The van der Waals surface area contributed by atoms with Crippen molar-refractivity contribution < 1.29 is 0 Å². The molecule has 1 atom stereocenters. The number of nitrogens with two attached hydrogens (primary N) is 1. The van der Waals surface area contributed by atoms with Crippen LogP contribution in [0.4, 0.5) is 5.69 Å². The summed E-state index contributed by atoms with van der Waals surface area (Å²) in [4.78, 5) is 17.3. The van der Waals surface area contributed by atoms with Gasteiger partial charge in [0.25, 0.3) is 5.56 Å². The molecule has 24 heavy (non-hydrogen) atoms. The highest BCUT2D eigenvalue weighted by molar-refractivity contribution is 6.32. The Bertz CT molecular complexity index is 970. The molecule has 4 N–H and O–H groups in total. The maximum Gasteiger partial charge on any atom is 0.263 e. The van der Waals surface area contributed by atoms with E-state index in [-0.39, 0.29) is 5.56 Å². The third kappa shape index (κ3) is 2.28. The Hall–Kier alpha value is -2.67. The Balaban J connectivity index is 2.05. The molecule has 7 heteroatoms. The number of aromatic nitrogens is 2. The molecule has 1 unspecified atom stereocenters. The molecule has 3 aromatic rings. The Morgan fingerprint density at radius 1 is 1.17 bits per heavy atom. The van der Waals surface area contributed by atoms with E-state index in [1.807, 2.05) is 30.3 Å². The lowest BCUT2D eigenvalue weighted by molar-refractivity contribution is 0.647. The van der Waals surface area contributed by atoms with Crippen LogP contribution in [-0.2, 0) is 0 Å². The Morgan fingerprint density at radius 2 is 1.96 bits per heavy atom.